The van der Waals surface area contributed by atoms with Crippen molar-refractivity contribution >= 4 is 28.3 Å². The standard InChI is InChI=1S/C13H20BrNO3.ClH/c1-4-10(8-16)15-7-9-5-12(17-2)13(18-3)6-11(9)14;/h5-6,10,15-16H,4,7-8H2,1-3H3;1H. The van der Waals surface area contributed by atoms with Crippen LogP contribution in [0.15, 0.2) is 16.6 Å². The summed E-state index contributed by atoms with van der Waals surface area (Å²) in [6, 6.07) is 3.93. The number of ether oxygens (including phenoxy) is 2. The highest BCUT2D eigenvalue weighted by Crippen LogP contribution is 2.33. The molecule has 0 amide bonds. The van der Waals surface area contributed by atoms with Gasteiger partial charge in [-0.3, -0.25) is 0 Å². The van der Waals surface area contributed by atoms with Crippen LogP contribution in [0.4, 0.5) is 0 Å². The largest absolute Gasteiger partial charge is 0.493 e. The SMILES string of the molecule is CCC(CO)NCc1cc(OC)c(OC)cc1Br.Cl. The van der Waals surface area contributed by atoms with Crippen molar-refractivity contribution in [1.82, 2.24) is 5.32 Å². The lowest BCUT2D eigenvalue weighted by Crippen LogP contribution is -2.31. The Morgan fingerprint density at radius 2 is 1.84 bits per heavy atom. The number of halogens is 2. The van der Waals surface area contributed by atoms with Crippen molar-refractivity contribution < 1.29 is 14.6 Å². The molecule has 0 heterocycles. The van der Waals surface area contributed by atoms with E-state index in [9.17, 15) is 0 Å². The van der Waals surface area contributed by atoms with Gasteiger partial charge in [0.15, 0.2) is 11.5 Å². The molecule has 0 radical (unpaired) electrons. The van der Waals surface area contributed by atoms with Crippen LogP contribution in [-0.4, -0.2) is 32.0 Å². The quantitative estimate of drug-likeness (QED) is 0.790. The summed E-state index contributed by atoms with van der Waals surface area (Å²) < 4.78 is 11.5. The maximum Gasteiger partial charge on any atom is 0.161 e. The summed E-state index contributed by atoms with van der Waals surface area (Å²) in [6.45, 7) is 2.85. The van der Waals surface area contributed by atoms with E-state index in [2.05, 4.69) is 21.2 Å². The van der Waals surface area contributed by atoms with E-state index in [-0.39, 0.29) is 25.1 Å². The van der Waals surface area contributed by atoms with Gasteiger partial charge in [0.2, 0.25) is 0 Å². The molecule has 0 aliphatic carbocycles. The third-order valence-corrected chi connectivity index (χ3v) is 3.59. The molecule has 0 saturated heterocycles. The maximum atomic E-state index is 9.14. The minimum absolute atomic E-state index is 0. The number of rotatable bonds is 7. The normalized spacial score (nSPS) is 11.6. The van der Waals surface area contributed by atoms with Crippen molar-refractivity contribution in [2.24, 2.45) is 0 Å². The van der Waals surface area contributed by atoms with Crippen molar-refractivity contribution in [3.63, 3.8) is 0 Å². The molecule has 2 N–H and O–H groups in total. The van der Waals surface area contributed by atoms with Gasteiger partial charge in [-0.05, 0) is 24.1 Å². The first-order valence-electron chi connectivity index (χ1n) is 5.90. The van der Waals surface area contributed by atoms with Crippen molar-refractivity contribution in [3.05, 3.63) is 22.2 Å². The van der Waals surface area contributed by atoms with Gasteiger partial charge in [0.1, 0.15) is 0 Å². The van der Waals surface area contributed by atoms with Crippen LogP contribution in [0.2, 0.25) is 0 Å². The van der Waals surface area contributed by atoms with E-state index < -0.39 is 0 Å². The molecular weight excluding hydrogens is 334 g/mol. The Bertz CT molecular complexity index is 386. The third-order valence-electron chi connectivity index (χ3n) is 2.85. The van der Waals surface area contributed by atoms with Crippen molar-refractivity contribution in [3.8, 4) is 11.5 Å². The number of aliphatic hydroxyl groups is 1. The fourth-order valence-corrected chi connectivity index (χ4v) is 2.09. The van der Waals surface area contributed by atoms with Gasteiger partial charge >= 0.3 is 0 Å². The second-order valence-corrected chi connectivity index (χ2v) is 4.82. The monoisotopic (exact) mass is 353 g/mol. The van der Waals surface area contributed by atoms with E-state index in [1.54, 1.807) is 14.2 Å². The van der Waals surface area contributed by atoms with E-state index >= 15 is 0 Å². The van der Waals surface area contributed by atoms with E-state index in [1.165, 1.54) is 0 Å². The van der Waals surface area contributed by atoms with Crippen molar-refractivity contribution in [2.45, 2.75) is 25.9 Å². The van der Waals surface area contributed by atoms with Crippen LogP contribution in [0.25, 0.3) is 0 Å². The topological polar surface area (TPSA) is 50.7 Å². The summed E-state index contributed by atoms with van der Waals surface area (Å²) in [5, 5.41) is 12.4. The summed E-state index contributed by atoms with van der Waals surface area (Å²) in [4.78, 5) is 0. The molecule has 0 aromatic heterocycles. The number of benzene rings is 1. The summed E-state index contributed by atoms with van der Waals surface area (Å²) in [6.07, 6.45) is 0.890. The summed E-state index contributed by atoms with van der Waals surface area (Å²) in [5.74, 6) is 1.40. The van der Waals surface area contributed by atoms with Crippen LogP contribution in [0, 0.1) is 0 Å². The first-order chi connectivity index (χ1) is 8.65. The minimum Gasteiger partial charge on any atom is -0.493 e. The zero-order chi connectivity index (χ0) is 13.5. The molecule has 0 aliphatic heterocycles. The van der Waals surface area contributed by atoms with Gasteiger partial charge in [0, 0.05) is 17.1 Å². The van der Waals surface area contributed by atoms with Crippen LogP contribution in [0.5, 0.6) is 11.5 Å². The second kappa shape index (κ2) is 9.42. The summed E-state index contributed by atoms with van der Waals surface area (Å²) >= 11 is 3.51. The maximum absolute atomic E-state index is 9.14. The van der Waals surface area contributed by atoms with Crippen LogP contribution >= 0.6 is 28.3 Å². The zero-order valence-corrected chi connectivity index (χ0v) is 13.8. The lowest BCUT2D eigenvalue weighted by Gasteiger charge is -2.16. The summed E-state index contributed by atoms with van der Waals surface area (Å²) in [5.41, 5.74) is 1.07. The fraction of sp³-hybridized carbons (Fsp3) is 0.538. The molecule has 1 unspecified atom stereocenters. The lowest BCUT2D eigenvalue weighted by atomic mass is 10.1. The molecule has 0 aliphatic rings. The first kappa shape index (κ1) is 18.5. The molecule has 110 valence electrons. The van der Waals surface area contributed by atoms with Gasteiger partial charge in [0.25, 0.3) is 0 Å². The van der Waals surface area contributed by atoms with Crippen LogP contribution in [0.3, 0.4) is 0 Å². The molecule has 19 heavy (non-hydrogen) atoms. The van der Waals surface area contributed by atoms with Gasteiger partial charge in [-0.1, -0.05) is 22.9 Å². The highest BCUT2D eigenvalue weighted by atomic mass is 79.9. The number of nitrogens with one attached hydrogen (secondary N) is 1. The van der Waals surface area contributed by atoms with Crippen LogP contribution in [0.1, 0.15) is 18.9 Å². The first-order valence-corrected chi connectivity index (χ1v) is 6.70. The van der Waals surface area contributed by atoms with Gasteiger partial charge in [-0.15, -0.1) is 12.4 Å². The van der Waals surface area contributed by atoms with Crippen LogP contribution in [-0.2, 0) is 6.54 Å². The van der Waals surface area contributed by atoms with Gasteiger partial charge in [0.05, 0.1) is 20.8 Å². The van der Waals surface area contributed by atoms with E-state index in [1.807, 2.05) is 19.1 Å². The third kappa shape index (κ3) is 5.18. The molecule has 4 nitrogen and oxygen atoms in total. The van der Waals surface area contributed by atoms with E-state index in [4.69, 9.17) is 14.6 Å². The molecular formula is C13H21BrClNO3. The Labute approximate surface area is 129 Å². The van der Waals surface area contributed by atoms with Gasteiger partial charge < -0.3 is 19.9 Å². The number of aliphatic hydroxyl groups excluding tert-OH is 1. The Balaban J connectivity index is 0.00000324. The molecule has 0 bridgehead atoms. The lowest BCUT2D eigenvalue weighted by molar-refractivity contribution is 0.238. The minimum atomic E-state index is 0. The Morgan fingerprint density at radius 1 is 1.26 bits per heavy atom. The van der Waals surface area contributed by atoms with E-state index in [0.29, 0.717) is 18.0 Å². The highest BCUT2D eigenvalue weighted by Gasteiger charge is 2.11. The molecule has 0 saturated carbocycles. The van der Waals surface area contributed by atoms with E-state index in [0.717, 1.165) is 16.5 Å². The average Bonchev–Trinajstić information content (AvgIpc) is 2.40. The molecule has 1 rings (SSSR count). The molecule has 1 atom stereocenters. The fourth-order valence-electron chi connectivity index (χ4n) is 1.62. The molecule has 1 aromatic rings. The molecule has 0 spiro atoms. The van der Waals surface area contributed by atoms with Gasteiger partial charge in [-0.2, -0.15) is 0 Å². The average molecular weight is 355 g/mol. The van der Waals surface area contributed by atoms with Crippen molar-refractivity contribution in [2.75, 3.05) is 20.8 Å². The Kier molecular flexibility index (Phi) is 9.18. The number of hydrogen-bond donors (Lipinski definition) is 2. The predicted molar refractivity (Wildman–Crippen MR) is 82.5 cm³/mol. The molecule has 6 heteroatoms. The van der Waals surface area contributed by atoms with Gasteiger partial charge in [-0.25, -0.2) is 0 Å². The summed E-state index contributed by atoms with van der Waals surface area (Å²) in [7, 11) is 3.23. The number of hydrogen-bond acceptors (Lipinski definition) is 4. The Morgan fingerprint density at radius 3 is 2.32 bits per heavy atom. The van der Waals surface area contributed by atoms with Crippen LogP contribution < -0.4 is 14.8 Å². The molecule has 0 fully saturated rings. The number of methoxy groups -OCH3 is 2. The highest BCUT2D eigenvalue weighted by molar-refractivity contribution is 9.10. The smallest absolute Gasteiger partial charge is 0.161 e. The zero-order valence-electron chi connectivity index (χ0n) is 11.4. The predicted octanol–water partition coefficient (Wildman–Crippen LogP) is 2.75. The van der Waals surface area contributed by atoms with Crippen molar-refractivity contribution in [1.29, 1.82) is 0 Å². The second-order valence-electron chi connectivity index (χ2n) is 3.97. The molecule has 1 aromatic carbocycles. The Hall–Kier alpha value is -0.490.